The average Bonchev–Trinajstić information content (AvgIpc) is 2.68. The van der Waals surface area contributed by atoms with Crippen LogP contribution in [0.1, 0.15) is 22.8 Å². The molecule has 0 bridgehead atoms. The van der Waals surface area contributed by atoms with Gasteiger partial charge in [0.15, 0.2) is 5.69 Å². The monoisotopic (exact) mass is 490 g/mol. The molecular weight excluding hydrogens is 471 g/mol. The quantitative estimate of drug-likeness (QED) is 0.537. The van der Waals surface area contributed by atoms with Crippen molar-refractivity contribution in [2.45, 2.75) is 13.5 Å². The highest BCUT2D eigenvalue weighted by molar-refractivity contribution is 14.1. The van der Waals surface area contributed by atoms with E-state index in [4.69, 9.17) is 5.73 Å². The van der Waals surface area contributed by atoms with Crippen LogP contribution in [-0.2, 0) is 6.54 Å². The second-order valence-electron chi connectivity index (χ2n) is 6.12. The molecule has 0 radical (unpaired) electrons. The van der Waals surface area contributed by atoms with Gasteiger partial charge >= 0.3 is 5.69 Å². The van der Waals surface area contributed by atoms with Crippen molar-refractivity contribution >= 4 is 40.0 Å². The van der Waals surface area contributed by atoms with Crippen LogP contribution in [0, 0.1) is 3.57 Å². The van der Waals surface area contributed by atoms with Crippen molar-refractivity contribution in [1.29, 1.82) is 0 Å². The van der Waals surface area contributed by atoms with E-state index in [1.807, 2.05) is 36.4 Å². The molecule has 0 spiro atoms. The molecule has 28 heavy (non-hydrogen) atoms. The normalized spacial score (nSPS) is 10.6. The van der Waals surface area contributed by atoms with Crippen LogP contribution in [0.5, 0.6) is 0 Å². The Kier molecular flexibility index (Phi) is 5.98. The van der Waals surface area contributed by atoms with Gasteiger partial charge in [0.05, 0.1) is 6.54 Å². The second kappa shape index (κ2) is 8.42. The summed E-state index contributed by atoms with van der Waals surface area (Å²) in [5, 5.41) is 0. The van der Waals surface area contributed by atoms with Crippen LogP contribution in [0.25, 0.3) is 0 Å². The third-order valence-corrected chi connectivity index (χ3v) is 4.97. The van der Waals surface area contributed by atoms with E-state index in [1.165, 1.54) is 9.47 Å². The summed E-state index contributed by atoms with van der Waals surface area (Å²) in [6.07, 6.45) is 0. The van der Waals surface area contributed by atoms with Gasteiger partial charge in [-0.3, -0.25) is 19.1 Å². The Morgan fingerprint density at radius 2 is 1.86 bits per heavy atom. The van der Waals surface area contributed by atoms with Crippen molar-refractivity contribution < 1.29 is 4.79 Å². The summed E-state index contributed by atoms with van der Waals surface area (Å²) >= 11 is 2.12. The first-order chi connectivity index (χ1) is 13.4. The number of carbonyl (C=O) groups excluding carboxylic acids is 1. The van der Waals surface area contributed by atoms with Gasteiger partial charge in [-0.2, -0.15) is 0 Å². The van der Waals surface area contributed by atoms with Crippen LogP contribution < -0.4 is 21.9 Å². The zero-order valence-electron chi connectivity index (χ0n) is 15.2. The molecule has 0 fully saturated rings. The number of hydrogen-bond acceptors (Lipinski definition) is 4. The number of nitrogens with one attached hydrogen (secondary N) is 1. The standard InChI is InChI=1S/C20H19IN4O3/c1-2-24(19(27)14-9-6-10-15(21)11-14)16-17(22)25(20(28)23-18(16)26)12-13-7-4-3-5-8-13/h3-11H,2,12,22H2,1H3,(H,23,26,28). The molecular formula is C20H19IN4O3. The van der Waals surface area contributed by atoms with E-state index in [1.54, 1.807) is 25.1 Å². The van der Waals surface area contributed by atoms with Gasteiger partial charge in [-0.25, -0.2) is 4.79 Å². The fourth-order valence-electron chi connectivity index (χ4n) is 2.94. The summed E-state index contributed by atoms with van der Waals surface area (Å²) in [5.41, 5.74) is 6.16. The van der Waals surface area contributed by atoms with Crippen molar-refractivity contribution in [2.24, 2.45) is 0 Å². The third-order valence-electron chi connectivity index (χ3n) is 4.30. The number of amides is 1. The van der Waals surface area contributed by atoms with E-state index in [0.717, 1.165) is 9.13 Å². The van der Waals surface area contributed by atoms with Crippen molar-refractivity contribution in [3.8, 4) is 0 Å². The number of anilines is 2. The fraction of sp³-hybridized carbons (Fsp3) is 0.150. The third kappa shape index (κ3) is 4.01. The molecule has 144 valence electrons. The highest BCUT2D eigenvalue weighted by Crippen LogP contribution is 2.20. The molecule has 0 saturated heterocycles. The maximum absolute atomic E-state index is 13.0. The van der Waals surface area contributed by atoms with Crippen molar-refractivity contribution in [3.05, 3.63) is 90.1 Å². The van der Waals surface area contributed by atoms with E-state index >= 15 is 0 Å². The summed E-state index contributed by atoms with van der Waals surface area (Å²) in [4.78, 5) is 41.4. The van der Waals surface area contributed by atoms with Crippen LogP contribution >= 0.6 is 22.6 Å². The highest BCUT2D eigenvalue weighted by atomic mass is 127. The summed E-state index contributed by atoms with van der Waals surface area (Å²) in [7, 11) is 0. The summed E-state index contributed by atoms with van der Waals surface area (Å²) in [6, 6.07) is 16.3. The number of H-pyrrole nitrogens is 1. The minimum atomic E-state index is -0.687. The predicted molar refractivity (Wildman–Crippen MR) is 118 cm³/mol. The number of aromatic amines is 1. The Morgan fingerprint density at radius 3 is 2.50 bits per heavy atom. The number of hydrogen-bond donors (Lipinski definition) is 2. The molecule has 0 atom stereocenters. The number of nitrogen functional groups attached to an aromatic ring is 1. The maximum Gasteiger partial charge on any atom is 0.330 e. The van der Waals surface area contributed by atoms with Gasteiger partial charge < -0.3 is 10.6 Å². The lowest BCUT2D eigenvalue weighted by atomic mass is 10.2. The van der Waals surface area contributed by atoms with Crippen molar-refractivity contribution in [3.63, 3.8) is 0 Å². The number of carbonyl (C=O) groups is 1. The van der Waals surface area contributed by atoms with Crippen LogP contribution in [0.4, 0.5) is 11.5 Å². The first-order valence-electron chi connectivity index (χ1n) is 8.66. The van der Waals surface area contributed by atoms with Gasteiger partial charge in [0.2, 0.25) is 0 Å². The van der Waals surface area contributed by atoms with Gasteiger partial charge in [0.1, 0.15) is 5.82 Å². The Bertz CT molecular complexity index is 1120. The first-order valence-corrected chi connectivity index (χ1v) is 9.74. The summed E-state index contributed by atoms with van der Waals surface area (Å²) < 4.78 is 2.16. The van der Waals surface area contributed by atoms with E-state index in [9.17, 15) is 14.4 Å². The number of halogens is 1. The molecule has 3 N–H and O–H groups in total. The van der Waals surface area contributed by atoms with E-state index in [0.29, 0.717) is 5.56 Å². The van der Waals surface area contributed by atoms with Crippen LogP contribution in [0.2, 0.25) is 0 Å². The van der Waals surface area contributed by atoms with Crippen LogP contribution in [0.3, 0.4) is 0 Å². The van der Waals surface area contributed by atoms with Crippen molar-refractivity contribution in [2.75, 3.05) is 17.2 Å². The maximum atomic E-state index is 13.0. The lowest BCUT2D eigenvalue weighted by Crippen LogP contribution is -2.41. The summed E-state index contributed by atoms with van der Waals surface area (Å²) in [6.45, 7) is 2.16. The summed E-state index contributed by atoms with van der Waals surface area (Å²) in [5.74, 6) is -0.401. The molecule has 7 nitrogen and oxygen atoms in total. The molecule has 8 heteroatoms. The average molecular weight is 490 g/mol. The lowest BCUT2D eigenvalue weighted by molar-refractivity contribution is 0.0988. The molecule has 2 aromatic carbocycles. The Balaban J connectivity index is 2.09. The molecule has 1 aromatic heterocycles. The number of nitrogens with zero attached hydrogens (tertiary/aromatic N) is 2. The number of rotatable bonds is 5. The Labute approximate surface area is 175 Å². The molecule has 0 aliphatic heterocycles. The van der Waals surface area contributed by atoms with Crippen molar-refractivity contribution in [1.82, 2.24) is 9.55 Å². The Morgan fingerprint density at radius 1 is 1.14 bits per heavy atom. The molecule has 1 amide bonds. The van der Waals surface area contributed by atoms with E-state index in [-0.39, 0.29) is 30.5 Å². The molecule has 3 rings (SSSR count). The van der Waals surface area contributed by atoms with Gasteiger partial charge in [-0.1, -0.05) is 36.4 Å². The number of aromatic nitrogens is 2. The van der Waals surface area contributed by atoms with Gasteiger partial charge in [-0.05, 0) is 53.3 Å². The molecule has 3 aromatic rings. The van der Waals surface area contributed by atoms with E-state index < -0.39 is 11.2 Å². The smallest absolute Gasteiger partial charge is 0.330 e. The van der Waals surface area contributed by atoms with Gasteiger partial charge in [0, 0.05) is 15.7 Å². The molecule has 0 aliphatic carbocycles. The number of nitrogens with two attached hydrogens (primary N) is 1. The molecule has 0 saturated carbocycles. The largest absolute Gasteiger partial charge is 0.383 e. The Hall–Kier alpha value is -2.88. The SMILES string of the molecule is CCN(C(=O)c1cccc(I)c1)c1c(N)n(Cc2ccccc2)c(=O)[nH]c1=O. The minimum Gasteiger partial charge on any atom is -0.383 e. The van der Waals surface area contributed by atoms with E-state index in [2.05, 4.69) is 27.6 Å². The zero-order valence-corrected chi connectivity index (χ0v) is 17.3. The lowest BCUT2D eigenvalue weighted by Gasteiger charge is -2.23. The molecule has 0 aliphatic rings. The first kappa shape index (κ1) is 19.9. The zero-order chi connectivity index (χ0) is 20.3. The predicted octanol–water partition coefficient (Wildman–Crippen LogP) is 2.44. The van der Waals surface area contributed by atoms with Gasteiger partial charge in [-0.15, -0.1) is 0 Å². The van der Waals surface area contributed by atoms with Crippen LogP contribution in [-0.4, -0.2) is 22.0 Å². The number of benzene rings is 2. The second-order valence-corrected chi connectivity index (χ2v) is 7.37. The van der Waals surface area contributed by atoms with Crippen LogP contribution in [0.15, 0.2) is 64.2 Å². The topological polar surface area (TPSA) is 101 Å². The fourth-order valence-corrected chi connectivity index (χ4v) is 3.48. The molecule has 1 heterocycles. The minimum absolute atomic E-state index is 0.0260. The van der Waals surface area contributed by atoms with Gasteiger partial charge in [0.25, 0.3) is 11.5 Å². The molecule has 0 unspecified atom stereocenters. The highest BCUT2D eigenvalue weighted by Gasteiger charge is 2.24.